The van der Waals surface area contributed by atoms with Crippen molar-refractivity contribution in [3.63, 3.8) is 0 Å². The van der Waals surface area contributed by atoms with Gasteiger partial charge >= 0.3 is 5.97 Å². The Morgan fingerprint density at radius 3 is 2.36 bits per heavy atom. The van der Waals surface area contributed by atoms with Crippen molar-refractivity contribution >= 4 is 23.5 Å². The van der Waals surface area contributed by atoms with Crippen LogP contribution in [0.4, 0.5) is 5.69 Å². The van der Waals surface area contributed by atoms with Gasteiger partial charge in [-0.1, -0.05) is 30.3 Å². The molecule has 148 valence electrons. The molecule has 0 aliphatic carbocycles. The molecule has 0 fully saturated rings. The average Bonchev–Trinajstić information content (AvgIpc) is 2.67. The largest absolute Gasteiger partial charge is 0.496 e. The van der Waals surface area contributed by atoms with E-state index in [1.165, 1.54) is 11.8 Å². The van der Waals surface area contributed by atoms with Gasteiger partial charge in [-0.05, 0) is 23.8 Å². The molecule has 0 spiro atoms. The van der Waals surface area contributed by atoms with Crippen molar-refractivity contribution in [1.29, 1.82) is 0 Å². The van der Waals surface area contributed by atoms with Gasteiger partial charge in [-0.25, -0.2) is 0 Å². The summed E-state index contributed by atoms with van der Waals surface area (Å²) < 4.78 is 10.4. The molecular formula is C21H24N2O5. The first-order valence-corrected chi connectivity index (χ1v) is 8.77. The highest BCUT2D eigenvalue weighted by molar-refractivity contribution is 5.88. The van der Waals surface area contributed by atoms with E-state index in [2.05, 4.69) is 5.32 Å². The molecule has 0 saturated heterocycles. The highest BCUT2D eigenvalue weighted by Crippen LogP contribution is 2.18. The fourth-order valence-electron chi connectivity index (χ4n) is 2.56. The first kappa shape index (κ1) is 21.0. The quantitative estimate of drug-likeness (QED) is 0.707. The molecule has 0 atom stereocenters. The summed E-state index contributed by atoms with van der Waals surface area (Å²) in [5.41, 5.74) is 2.25. The third-order valence-electron chi connectivity index (χ3n) is 4.01. The molecule has 7 nitrogen and oxygen atoms in total. The van der Waals surface area contributed by atoms with Crippen LogP contribution < -0.4 is 10.1 Å². The summed E-state index contributed by atoms with van der Waals surface area (Å²) in [6.07, 6.45) is 0.0455. The third-order valence-corrected chi connectivity index (χ3v) is 4.01. The Kier molecular flexibility index (Phi) is 7.56. The molecule has 2 aromatic rings. The second-order valence-corrected chi connectivity index (χ2v) is 6.28. The summed E-state index contributed by atoms with van der Waals surface area (Å²) >= 11 is 0. The lowest BCUT2D eigenvalue weighted by molar-refractivity contribution is -0.151. The van der Waals surface area contributed by atoms with Crippen LogP contribution in [0.1, 0.15) is 18.1 Å². The van der Waals surface area contributed by atoms with Crippen molar-refractivity contribution in [2.24, 2.45) is 0 Å². The van der Waals surface area contributed by atoms with Crippen molar-refractivity contribution in [2.45, 2.75) is 19.9 Å². The molecule has 0 aromatic heterocycles. The van der Waals surface area contributed by atoms with Crippen molar-refractivity contribution < 1.29 is 23.9 Å². The van der Waals surface area contributed by atoms with Crippen LogP contribution in [-0.4, -0.2) is 43.4 Å². The maximum absolute atomic E-state index is 12.2. The Balaban J connectivity index is 1.81. The standard InChI is InChI=1S/C21H24N2O5/c1-15(24)22-18-10-8-16(9-11-18)12-21(26)28-14-20(25)23(2)13-17-6-4-5-7-19(17)27-3/h4-11H,12-14H2,1-3H3,(H,22,24). The second kappa shape index (κ2) is 10.1. The number of likely N-dealkylation sites (N-methyl/N-ethyl adjacent to an activating group) is 1. The zero-order chi connectivity index (χ0) is 20.5. The van der Waals surface area contributed by atoms with E-state index in [0.29, 0.717) is 18.0 Å². The molecule has 28 heavy (non-hydrogen) atoms. The van der Waals surface area contributed by atoms with Crippen LogP contribution in [-0.2, 0) is 32.1 Å². The molecule has 7 heteroatoms. The van der Waals surface area contributed by atoms with Crippen LogP contribution in [0.2, 0.25) is 0 Å². The van der Waals surface area contributed by atoms with E-state index >= 15 is 0 Å². The number of hydrogen-bond acceptors (Lipinski definition) is 5. The molecule has 0 aliphatic rings. The molecule has 2 amide bonds. The van der Waals surface area contributed by atoms with Gasteiger partial charge in [-0.3, -0.25) is 14.4 Å². The predicted molar refractivity (Wildman–Crippen MR) is 105 cm³/mol. The van der Waals surface area contributed by atoms with E-state index in [4.69, 9.17) is 9.47 Å². The number of hydrogen-bond donors (Lipinski definition) is 1. The van der Waals surface area contributed by atoms with Gasteiger partial charge in [0.1, 0.15) is 5.75 Å². The van der Waals surface area contributed by atoms with E-state index in [0.717, 1.165) is 11.1 Å². The number of benzene rings is 2. The summed E-state index contributed by atoms with van der Waals surface area (Å²) in [7, 11) is 3.22. The summed E-state index contributed by atoms with van der Waals surface area (Å²) in [5.74, 6) is -0.267. The Bertz CT molecular complexity index is 833. The van der Waals surface area contributed by atoms with Gasteiger partial charge in [0.25, 0.3) is 5.91 Å². The Morgan fingerprint density at radius 1 is 1.04 bits per heavy atom. The minimum Gasteiger partial charge on any atom is -0.496 e. The number of nitrogens with one attached hydrogen (secondary N) is 1. The van der Waals surface area contributed by atoms with Gasteiger partial charge < -0.3 is 19.7 Å². The fraction of sp³-hybridized carbons (Fsp3) is 0.286. The zero-order valence-corrected chi connectivity index (χ0v) is 16.2. The highest BCUT2D eigenvalue weighted by Gasteiger charge is 2.14. The number of anilines is 1. The molecule has 2 aromatic carbocycles. The molecule has 2 rings (SSSR count). The average molecular weight is 384 g/mol. The van der Waals surface area contributed by atoms with Crippen LogP contribution >= 0.6 is 0 Å². The number of carbonyl (C=O) groups is 3. The third kappa shape index (κ3) is 6.42. The molecule has 0 bridgehead atoms. The van der Waals surface area contributed by atoms with E-state index < -0.39 is 5.97 Å². The van der Waals surface area contributed by atoms with Gasteiger partial charge in [-0.15, -0.1) is 0 Å². The minimum absolute atomic E-state index is 0.0455. The van der Waals surface area contributed by atoms with Gasteiger partial charge in [0, 0.05) is 31.8 Å². The number of methoxy groups -OCH3 is 1. The van der Waals surface area contributed by atoms with Crippen molar-refractivity contribution in [2.75, 3.05) is 26.1 Å². The fourth-order valence-corrected chi connectivity index (χ4v) is 2.56. The SMILES string of the molecule is COc1ccccc1CN(C)C(=O)COC(=O)Cc1ccc(NC(C)=O)cc1. The number of para-hydroxylation sites is 1. The molecule has 1 N–H and O–H groups in total. The minimum atomic E-state index is -0.494. The number of esters is 1. The number of carbonyl (C=O) groups excluding carboxylic acids is 3. The molecule has 0 unspecified atom stereocenters. The number of rotatable bonds is 8. The van der Waals surface area contributed by atoms with E-state index in [1.54, 1.807) is 38.4 Å². The summed E-state index contributed by atoms with van der Waals surface area (Å²) in [5, 5.41) is 2.65. The molecule has 0 saturated carbocycles. The topological polar surface area (TPSA) is 84.9 Å². The number of ether oxygens (including phenoxy) is 2. The molecular weight excluding hydrogens is 360 g/mol. The van der Waals surface area contributed by atoms with Gasteiger partial charge in [0.2, 0.25) is 5.91 Å². The highest BCUT2D eigenvalue weighted by atomic mass is 16.5. The van der Waals surface area contributed by atoms with Crippen molar-refractivity contribution in [1.82, 2.24) is 4.90 Å². The predicted octanol–water partition coefficient (Wildman–Crippen LogP) is 2.40. The van der Waals surface area contributed by atoms with Gasteiger partial charge in [0.15, 0.2) is 6.61 Å². The van der Waals surface area contributed by atoms with Crippen LogP contribution in [0.5, 0.6) is 5.75 Å². The first-order valence-electron chi connectivity index (χ1n) is 8.77. The lowest BCUT2D eigenvalue weighted by Crippen LogP contribution is -2.31. The zero-order valence-electron chi connectivity index (χ0n) is 16.2. The van der Waals surface area contributed by atoms with Crippen molar-refractivity contribution in [3.8, 4) is 5.75 Å². The van der Waals surface area contributed by atoms with Crippen LogP contribution in [0.3, 0.4) is 0 Å². The number of nitrogens with zero attached hydrogens (tertiary/aromatic N) is 1. The number of amides is 2. The molecule has 0 aliphatic heterocycles. The molecule has 0 radical (unpaired) electrons. The lowest BCUT2D eigenvalue weighted by atomic mass is 10.1. The van der Waals surface area contributed by atoms with Crippen LogP contribution in [0.25, 0.3) is 0 Å². The Hall–Kier alpha value is -3.35. The molecule has 0 heterocycles. The maximum Gasteiger partial charge on any atom is 0.310 e. The lowest BCUT2D eigenvalue weighted by Gasteiger charge is -2.18. The monoisotopic (exact) mass is 384 g/mol. The maximum atomic E-state index is 12.2. The van der Waals surface area contributed by atoms with E-state index in [9.17, 15) is 14.4 Å². The Labute approximate surface area is 164 Å². The van der Waals surface area contributed by atoms with Crippen LogP contribution in [0, 0.1) is 0 Å². The van der Waals surface area contributed by atoms with Crippen molar-refractivity contribution in [3.05, 3.63) is 59.7 Å². The first-order chi connectivity index (χ1) is 13.4. The summed E-state index contributed by atoms with van der Waals surface area (Å²) in [6, 6.07) is 14.3. The smallest absolute Gasteiger partial charge is 0.310 e. The van der Waals surface area contributed by atoms with E-state index in [1.807, 2.05) is 24.3 Å². The van der Waals surface area contributed by atoms with Crippen LogP contribution in [0.15, 0.2) is 48.5 Å². The second-order valence-electron chi connectivity index (χ2n) is 6.28. The summed E-state index contributed by atoms with van der Waals surface area (Å²) in [4.78, 5) is 36.7. The van der Waals surface area contributed by atoms with E-state index in [-0.39, 0.29) is 24.8 Å². The summed E-state index contributed by atoms with van der Waals surface area (Å²) in [6.45, 7) is 1.45. The van der Waals surface area contributed by atoms with Gasteiger partial charge in [0.05, 0.1) is 13.5 Å². The Morgan fingerprint density at radius 2 is 1.71 bits per heavy atom. The normalized spacial score (nSPS) is 10.1. The van der Waals surface area contributed by atoms with Gasteiger partial charge in [-0.2, -0.15) is 0 Å².